The van der Waals surface area contributed by atoms with Gasteiger partial charge in [-0.3, -0.25) is 0 Å². The van der Waals surface area contributed by atoms with Crippen LogP contribution in [0.2, 0.25) is 0 Å². The maximum absolute atomic E-state index is 5.62. The second-order valence-corrected chi connectivity index (χ2v) is 5.10. The molecule has 3 rings (SSSR count). The Hall–Kier alpha value is -1.92. The van der Waals surface area contributed by atoms with E-state index in [9.17, 15) is 0 Å². The predicted molar refractivity (Wildman–Crippen MR) is 74.9 cm³/mol. The first kappa shape index (κ1) is 12.1. The minimum atomic E-state index is 0.414. The Morgan fingerprint density at radius 3 is 2.84 bits per heavy atom. The molecule has 0 aliphatic heterocycles. The number of hydrogen-bond donors (Lipinski definition) is 2. The molecular formula is C13H13N5S. The van der Waals surface area contributed by atoms with Gasteiger partial charge in [0, 0.05) is 12.2 Å². The lowest BCUT2D eigenvalue weighted by Crippen LogP contribution is -2.02. The van der Waals surface area contributed by atoms with Crippen LogP contribution in [-0.4, -0.2) is 19.9 Å². The number of nitrogens with zero attached hydrogens (tertiary/aromatic N) is 3. The zero-order valence-electron chi connectivity index (χ0n) is 10.4. The van der Waals surface area contributed by atoms with E-state index in [0.29, 0.717) is 11.7 Å². The summed E-state index contributed by atoms with van der Waals surface area (Å²) in [5.74, 6) is 0. The van der Waals surface area contributed by atoms with Gasteiger partial charge in [-0.15, -0.1) is 0 Å². The van der Waals surface area contributed by atoms with Crippen LogP contribution in [0.15, 0.2) is 40.6 Å². The van der Waals surface area contributed by atoms with Crippen LogP contribution < -0.4 is 5.73 Å². The summed E-state index contributed by atoms with van der Waals surface area (Å²) in [5.41, 5.74) is 9.32. The van der Waals surface area contributed by atoms with Crippen LogP contribution in [0, 0.1) is 6.92 Å². The second kappa shape index (κ2) is 4.99. The van der Waals surface area contributed by atoms with Crippen molar-refractivity contribution in [2.75, 3.05) is 0 Å². The van der Waals surface area contributed by atoms with Crippen LogP contribution in [0.25, 0.3) is 11.0 Å². The molecule has 0 unspecified atom stereocenters. The standard InChI is InChI=1S/C13H13N5S/c1-8-6-9(7-14)16-12(15-8)19-13-17-10-4-2-3-5-11(10)18-13/h2-6H,7,14H2,1H3,(H,17,18). The number of hydrogen-bond acceptors (Lipinski definition) is 5. The summed E-state index contributed by atoms with van der Waals surface area (Å²) in [6.07, 6.45) is 0. The minimum Gasteiger partial charge on any atom is -0.333 e. The largest absolute Gasteiger partial charge is 0.333 e. The number of nitrogens with two attached hydrogens (primary N) is 1. The van der Waals surface area contributed by atoms with Gasteiger partial charge in [0.25, 0.3) is 0 Å². The molecule has 0 spiro atoms. The maximum Gasteiger partial charge on any atom is 0.195 e. The molecule has 0 aliphatic carbocycles. The molecule has 3 aromatic rings. The van der Waals surface area contributed by atoms with Crippen LogP contribution in [0.1, 0.15) is 11.4 Å². The van der Waals surface area contributed by atoms with Crippen molar-refractivity contribution in [2.24, 2.45) is 5.73 Å². The average Bonchev–Trinajstić information content (AvgIpc) is 2.80. The maximum atomic E-state index is 5.62. The second-order valence-electron chi connectivity index (χ2n) is 4.15. The molecule has 0 bridgehead atoms. The van der Waals surface area contributed by atoms with E-state index in [1.807, 2.05) is 37.3 Å². The van der Waals surface area contributed by atoms with Crippen molar-refractivity contribution in [3.05, 3.63) is 41.7 Å². The van der Waals surface area contributed by atoms with E-state index >= 15 is 0 Å². The van der Waals surface area contributed by atoms with Crippen molar-refractivity contribution >= 4 is 22.8 Å². The van der Waals surface area contributed by atoms with Gasteiger partial charge in [0.1, 0.15) is 0 Å². The highest BCUT2D eigenvalue weighted by molar-refractivity contribution is 7.99. The first-order valence-corrected chi connectivity index (χ1v) is 6.73. The van der Waals surface area contributed by atoms with Gasteiger partial charge in [-0.2, -0.15) is 0 Å². The number of para-hydroxylation sites is 2. The zero-order valence-corrected chi connectivity index (χ0v) is 11.2. The third kappa shape index (κ3) is 2.59. The molecule has 2 aromatic heterocycles. The third-order valence-electron chi connectivity index (χ3n) is 2.65. The van der Waals surface area contributed by atoms with Crippen LogP contribution in [-0.2, 0) is 6.54 Å². The highest BCUT2D eigenvalue weighted by Gasteiger charge is 2.07. The van der Waals surface area contributed by atoms with E-state index < -0.39 is 0 Å². The molecule has 0 atom stereocenters. The van der Waals surface area contributed by atoms with E-state index in [-0.39, 0.29) is 0 Å². The molecule has 19 heavy (non-hydrogen) atoms. The monoisotopic (exact) mass is 271 g/mol. The lowest BCUT2D eigenvalue weighted by Gasteiger charge is -2.01. The smallest absolute Gasteiger partial charge is 0.195 e. The third-order valence-corrected chi connectivity index (χ3v) is 3.40. The highest BCUT2D eigenvalue weighted by Crippen LogP contribution is 2.24. The van der Waals surface area contributed by atoms with Gasteiger partial charge >= 0.3 is 0 Å². The molecule has 3 N–H and O–H groups in total. The molecule has 1 aromatic carbocycles. The molecule has 0 saturated heterocycles. The molecule has 5 nitrogen and oxygen atoms in total. The van der Waals surface area contributed by atoms with Crippen molar-refractivity contribution in [3.8, 4) is 0 Å². The van der Waals surface area contributed by atoms with E-state index in [0.717, 1.165) is 27.6 Å². The molecule has 0 radical (unpaired) electrons. The first-order chi connectivity index (χ1) is 9.24. The van der Waals surface area contributed by atoms with Gasteiger partial charge in [-0.1, -0.05) is 12.1 Å². The molecule has 0 amide bonds. The highest BCUT2D eigenvalue weighted by atomic mass is 32.2. The normalized spacial score (nSPS) is 11.1. The van der Waals surface area contributed by atoms with Gasteiger partial charge in [-0.05, 0) is 36.9 Å². The summed E-state index contributed by atoms with van der Waals surface area (Å²) in [5, 5.41) is 1.45. The molecule has 2 heterocycles. The van der Waals surface area contributed by atoms with Crippen molar-refractivity contribution in [2.45, 2.75) is 23.8 Å². The number of nitrogens with one attached hydrogen (secondary N) is 1. The van der Waals surface area contributed by atoms with Crippen molar-refractivity contribution in [3.63, 3.8) is 0 Å². The van der Waals surface area contributed by atoms with Crippen LogP contribution in [0.4, 0.5) is 0 Å². The van der Waals surface area contributed by atoms with Gasteiger partial charge in [0.2, 0.25) is 0 Å². The van der Waals surface area contributed by atoms with E-state index in [2.05, 4.69) is 19.9 Å². The summed E-state index contributed by atoms with van der Waals surface area (Å²) < 4.78 is 0. The average molecular weight is 271 g/mol. The number of aromatic nitrogens is 4. The Balaban J connectivity index is 1.94. The van der Waals surface area contributed by atoms with Gasteiger partial charge in [-0.25, -0.2) is 15.0 Å². The quantitative estimate of drug-likeness (QED) is 0.714. The Morgan fingerprint density at radius 1 is 1.21 bits per heavy atom. The minimum absolute atomic E-state index is 0.414. The number of H-pyrrole nitrogens is 1. The Labute approximate surface area is 114 Å². The number of aromatic amines is 1. The van der Waals surface area contributed by atoms with E-state index in [1.165, 1.54) is 11.8 Å². The molecule has 6 heteroatoms. The van der Waals surface area contributed by atoms with Crippen LogP contribution in [0.3, 0.4) is 0 Å². The summed E-state index contributed by atoms with van der Waals surface area (Å²) in [6.45, 7) is 2.35. The van der Waals surface area contributed by atoms with E-state index in [4.69, 9.17) is 5.73 Å². The Morgan fingerprint density at radius 2 is 2.05 bits per heavy atom. The van der Waals surface area contributed by atoms with Crippen molar-refractivity contribution < 1.29 is 0 Å². The fraction of sp³-hybridized carbons (Fsp3) is 0.154. The lowest BCUT2D eigenvalue weighted by molar-refractivity contribution is 0.851. The zero-order chi connectivity index (χ0) is 13.2. The van der Waals surface area contributed by atoms with E-state index in [1.54, 1.807) is 0 Å². The molecular weight excluding hydrogens is 258 g/mol. The predicted octanol–water partition coefficient (Wildman–Crippen LogP) is 2.27. The lowest BCUT2D eigenvalue weighted by atomic mass is 10.3. The number of imidazole rings is 1. The van der Waals surface area contributed by atoms with Gasteiger partial charge < -0.3 is 10.7 Å². The SMILES string of the molecule is Cc1cc(CN)nc(Sc2nc3ccccc3[nH]2)n1. The van der Waals surface area contributed by atoms with Gasteiger partial charge in [0.15, 0.2) is 10.3 Å². The molecule has 0 saturated carbocycles. The van der Waals surface area contributed by atoms with Crippen molar-refractivity contribution in [1.29, 1.82) is 0 Å². The van der Waals surface area contributed by atoms with Crippen molar-refractivity contribution in [1.82, 2.24) is 19.9 Å². The number of aryl methyl sites for hydroxylation is 1. The molecule has 96 valence electrons. The first-order valence-electron chi connectivity index (χ1n) is 5.92. The summed E-state index contributed by atoms with van der Waals surface area (Å²) in [7, 11) is 0. The number of fused-ring (bicyclic) bond motifs is 1. The topological polar surface area (TPSA) is 80.5 Å². The number of benzene rings is 1. The molecule has 0 fully saturated rings. The fourth-order valence-corrected chi connectivity index (χ4v) is 2.65. The van der Waals surface area contributed by atoms with Crippen LogP contribution >= 0.6 is 11.8 Å². The van der Waals surface area contributed by atoms with Crippen LogP contribution in [0.5, 0.6) is 0 Å². The Kier molecular flexibility index (Phi) is 3.18. The summed E-state index contributed by atoms with van der Waals surface area (Å²) >= 11 is 1.41. The number of rotatable bonds is 3. The summed E-state index contributed by atoms with van der Waals surface area (Å²) in [4.78, 5) is 16.5. The Bertz CT molecular complexity index is 689. The fourth-order valence-electron chi connectivity index (χ4n) is 1.82. The van der Waals surface area contributed by atoms with Gasteiger partial charge in [0.05, 0.1) is 16.7 Å². The molecule has 0 aliphatic rings. The summed E-state index contributed by atoms with van der Waals surface area (Å²) in [6, 6.07) is 9.80.